The second-order valence-corrected chi connectivity index (χ2v) is 7.47. The van der Waals surface area contributed by atoms with Gasteiger partial charge in [-0.1, -0.05) is 28.1 Å². The first kappa shape index (κ1) is 20.0. The zero-order chi connectivity index (χ0) is 20.9. The minimum atomic E-state index is -0.303. The standard InChI is InChI=1S/C22H19BrN2O5/c23-17-12-20-19(29-8-9-30-20)10-14(17)11-21(26)25-18-6-2-1-5-16(18)22(27)24-13-15-4-3-7-28-15/h1-7,10,12H,8-9,11,13H2,(H,24,27)(H,25,26). The predicted molar refractivity (Wildman–Crippen MR) is 114 cm³/mol. The number of ether oxygens (including phenoxy) is 2. The number of hydrogen-bond acceptors (Lipinski definition) is 5. The van der Waals surface area contributed by atoms with Crippen LogP contribution in [0.2, 0.25) is 0 Å². The average Bonchev–Trinajstić information content (AvgIpc) is 3.26. The Labute approximate surface area is 181 Å². The highest BCUT2D eigenvalue weighted by atomic mass is 79.9. The SMILES string of the molecule is O=C(Cc1cc2c(cc1Br)OCCO2)Nc1ccccc1C(=O)NCc1ccco1. The molecule has 4 rings (SSSR count). The molecular weight excluding hydrogens is 452 g/mol. The molecule has 0 aliphatic carbocycles. The van der Waals surface area contributed by atoms with E-state index in [2.05, 4.69) is 26.6 Å². The molecule has 30 heavy (non-hydrogen) atoms. The fourth-order valence-corrected chi connectivity index (χ4v) is 3.54. The molecule has 0 bridgehead atoms. The van der Waals surface area contributed by atoms with Crippen molar-refractivity contribution >= 4 is 33.4 Å². The van der Waals surface area contributed by atoms with E-state index in [-0.39, 0.29) is 24.8 Å². The minimum Gasteiger partial charge on any atom is -0.486 e. The fraction of sp³-hybridized carbons (Fsp3) is 0.182. The van der Waals surface area contributed by atoms with E-state index in [9.17, 15) is 9.59 Å². The molecule has 0 spiro atoms. The molecule has 0 radical (unpaired) electrons. The van der Waals surface area contributed by atoms with Crippen molar-refractivity contribution in [3.63, 3.8) is 0 Å². The Hall–Kier alpha value is -3.26. The number of furan rings is 1. The smallest absolute Gasteiger partial charge is 0.253 e. The van der Waals surface area contributed by atoms with Crippen LogP contribution in [0.4, 0.5) is 5.69 Å². The van der Waals surface area contributed by atoms with Gasteiger partial charge in [-0.05, 0) is 42.0 Å². The number of hydrogen-bond donors (Lipinski definition) is 2. The van der Waals surface area contributed by atoms with E-state index in [0.29, 0.717) is 41.7 Å². The van der Waals surface area contributed by atoms with Crippen LogP contribution in [0.15, 0.2) is 63.7 Å². The molecule has 154 valence electrons. The van der Waals surface area contributed by atoms with E-state index in [4.69, 9.17) is 13.9 Å². The lowest BCUT2D eigenvalue weighted by atomic mass is 10.1. The molecule has 0 unspecified atom stereocenters. The van der Waals surface area contributed by atoms with Crippen molar-refractivity contribution in [1.82, 2.24) is 5.32 Å². The molecule has 0 saturated carbocycles. The summed E-state index contributed by atoms with van der Waals surface area (Å²) in [4.78, 5) is 25.2. The highest BCUT2D eigenvalue weighted by molar-refractivity contribution is 9.10. The van der Waals surface area contributed by atoms with Gasteiger partial charge in [-0.25, -0.2) is 0 Å². The van der Waals surface area contributed by atoms with E-state index in [0.717, 1.165) is 10.0 Å². The number of amides is 2. The van der Waals surface area contributed by atoms with Gasteiger partial charge in [0.25, 0.3) is 5.91 Å². The van der Waals surface area contributed by atoms with Gasteiger partial charge in [-0.2, -0.15) is 0 Å². The number of para-hydroxylation sites is 1. The second-order valence-electron chi connectivity index (χ2n) is 6.62. The summed E-state index contributed by atoms with van der Waals surface area (Å²) in [5.74, 6) is 1.36. The molecule has 0 atom stereocenters. The molecular formula is C22H19BrN2O5. The van der Waals surface area contributed by atoms with Gasteiger partial charge >= 0.3 is 0 Å². The van der Waals surface area contributed by atoms with Gasteiger partial charge in [0.05, 0.1) is 30.5 Å². The summed E-state index contributed by atoms with van der Waals surface area (Å²) in [6.07, 6.45) is 1.66. The maximum Gasteiger partial charge on any atom is 0.253 e. The van der Waals surface area contributed by atoms with Gasteiger partial charge in [0.15, 0.2) is 11.5 Å². The third kappa shape index (κ3) is 4.65. The molecule has 1 aliphatic rings. The largest absolute Gasteiger partial charge is 0.486 e. The zero-order valence-corrected chi connectivity index (χ0v) is 17.5. The van der Waals surface area contributed by atoms with Crippen molar-refractivity contribution < 1.29 is 23.5 Å². The summed E-state index contributed by atoms with van der Waals surface area (Å²) in [7, 11) is 0. The first-order valence-corrected chi connectivity index (χ1v) is 10.2. The molecule has 0 fully saturated rings. The Morgan fingerprint density at radius 2 is 1.77 bits per heavy atom. The first-order valence-electron chi connectivity index (χ1n) is 9.37. The molecule has 1 aromatic heterocycles. The molecule has 0 saturated heterocycles. The van der Waals surface area contributed by atoms with Crippen LogP contribution in [0.1, 0.15) is 21.7 Å². The van der Waals surface area contributed by atoms with Crippen LogP contribution >= 0.6 is 15.9 Å². The number of nitrogens with one attached hydrogen (secondary N) is 2. The summed E-state index contributed by atoms with van der Waals surface area (Å²) < 4.78 is 17.1. The summed E-state index contributed by atoms with van der Waals surface area (Å²) in [5, 5.41) is 5.61. The van der Waals surface area contributed by atoms with Crippen LogP contribution in [0.25, 0.3) is 0 Å². The quantitative estimate of drug-likeness (QED) is 0.569. The second kappa shape index (κ2) is 9.04. The summed E-state index contributed by atoms with van der Waals surface area (Å²) in [5.41, 5.74) is 1.57. The van der Waals surface area contributed by atoms with Crippen LogP contribution in [0.5, 0.6) is 11.5 Å². The Balaban J connectivity index is 1.44. The summed E-state index contributed by atoms with van der Waals surface area (Å²) >= 11 is 3.48. The van der Waals surface area contributed by atoms with Crippen molar-refractivity contribution in [3.8, 4) is 11.5 Å². The highest BCUT2D eigenvalue weighted by Crippen LogP contribution is 2.35. The average molecular weight is 471 g/mol. The number of carbonyl (C=O) groups is 2. The van der Waals surface area contributed by atoms with E-state index >= 15 is 0 Å². The number of fused-ring (bicyclic) bond motifs is 1. The van der Waals surface area contributed by atoms with Crippen molar-refractivity contribution in [2.75, 3.05) is 18.5 Å². The molecule has 3 aromatic rings. The fourth-order valence-electron chi connectivity index (χ4n) is 3.07. The topological polar surface area (TPSA) is 89.8 Å². The van der Waals surface area contributed by atoms with Gasteiger partial charge in [0, 0.05) is 4.47 Å². The summed E-state index contributed by atoms with van der Waals surface area (Å²) in [6.45, 7) is 1.23. The van der Waals surface area contributed by atoms with Gasteiger partial charge in [0.2, 0.25) is 5.91 Å². The van der Waals surface area contributed by atoms with Gasteiger partial charge in [0.1, 0.15) is 19.0 Å². The Morgan fingerprint density at radius 3 is 2.53 bits per heavy atom. The number of benzene rings is 2. The molecule has 2 amide bonds. The van der Waals surface area contributed by atoms with E-state index < -0.39 is 0 Å². The first-order chi connectivity index (χ1) is 14.6. The maximum atomic E-state index is 12.7. The minimum absolute atomic E-state index is 0.111. The number of halogens is 1. The van der Waals surface area contributed by atoms with Gasteiger partial charge in [-0.3, -0.25) is 9.59 Å². The molecule has 8 heteroatoms. The molecule has 2 aromatic carbocycles. The Morgan fingerprint density at radius 1 is 1.00 bits per heavy atom. The number of anilines is 1. The van der Waals surface area contributed by atoms with Crippen LogP contribution < -0.4 is 20.1 Å². The van der Waals surface area contributed by atoms with Crippen molar-refractivity contribution in [2.24, 2.45) is 0 Å². The molecule has 1 aliphatic heterocycles. The Kier molecular flexibility index (Phi) is 6.04. The third-order valence-corrected chi connectivity index (χ3v) is 5.25. The molecule has 2 heterocycles. The lowest BCUT2D eigenvalue weighted by Crippen LogP contribution is -2.25. The monoisotopic (exact) mass is 470 g/mol. The lowest BCUT2D eigenvalue weighted by molar-refractivity contribution is -0.115. The maximum absolute atomic E-state index is 12.7. The van der Waals surface area contributed by atoms with Gasteiger partial charge in [-0.15, -0.1) is 0 Å². The van der Waals surface area contributed by atoms with Crippen LogP contribution in [-0.4, -0.2) is 25.0 Å². The summed E-state index contributed by atoms with van der Waals surface area (Å²) in [6, 6.07) is 14.0. The lowest BCUT2D eigenvalue weighted by Gasteiger charge is -2.20. The highest BCUT2D eigenvalue weighted by Gasteiger charge is 2.18. The van der Waals surface area contributed by atoms with Gasteiger partial charge < -0.3 is 24.5 Å². The Bertz CT molecular complexity index is 1070. The van der Waals surface area contributed by atoms with Crippen LogP contribution in [0, 0.1) is 0 Å². The van der Waals surface area contributed by atoms with Crippen molar-refractivity contribution in [3.05, 3.63) is 76.2 Å². The third-order valence-electron chi connectivity index (χ3n) is 4.51. The van der Waals surface area contributed by atoms with Crippen molar-refractivity contribution in [1.29, 1.82) is 0 Å². The van der Waals surface area contributed by atoms with E-state index in [1.807, 2.05) is 0 Å². The number of rotatable bonds is 6. The zero-order valence-electron chi connectivity index (χ0n) is 15.9. The van der Waals surface area contributed by atoms with Crippen molar-refractivity contribution in [2.45, 2.75) is 13.0 Å². The predicted octanol–water partition coefficient (Wildman–Crippen LogP) is 3.92. The number of carbonyl (C=O) groups excluding carboxylic acids is 2. The van der Waals surface area contributed by atoms with Crippen LogP contribution in [0.3, 0.4) is 0 Å². The molecule has 2 N–H and O–H groups in total. The van der Waals surface area contributed by atoms with E-state index in [1.165, 1.54) is 0 Å². The van der Waals surface area contributed by atoms with Crippen LogP contribution in [-0.2, 0) is 17.8 Å². The normalized spacial score (nSPS) is 12.3. The van der Waals surface area contributed by atoms with E-state index in [1.54, 1.807) is 54.8 Å². The molecule has 7 nitrogen and oxygen atoms in total.